The molecule has 0 saturated carbocycles. The normalized spacial score (nSPS) is 17.3. The Morgan fingerprint density at radius 2 is 2.12 bits per heavy atom. The van der Waals surface area contributed by atoms with Gasteiger partial charge in [0.2, 0.25) is 0 Å². The van der Waals surface area contributed by atoms with Crippen LogP contribution >= 0.6 is 0 Å². The highest BCUT2D eigenvalue weighted by Gasteiger charge is 2.42. The van der Waals surface area contributed by atoms with Gasteiger partial charge in [-0.25, -0.2) is 14.8 Å². The second-order valence-corrected chi connectivity index (χ2v) is 7.09. The van der Waals surface area contributed by atoms with Crippen molar-refractivity contribution in [3.8, 4) is 5.69 Å². The summed E-state index contributed by atoms with van der Waals surface area (Å²) in [5, 5.41) is 0. The van der Waals surface area contributed by atoms with E-state index in [1.165, 1.54) is 0 Å². The van der Waals surface area contributed by atoms with E-state index in [9.17, 15) is 9.59 Å². The summed E-state index contributed by atoms with van der Waals surface area (Å²) in [6.07, 6.45) is 2.92. The van der Waals surface area contributed by atoms with E-state index in [1.807, 2.05) is 24.5 Å². The van der Waals surface area contributed by atoms with E-state index in [4.69, 9.17) is 4.74 Å². The zero-order chi connectivity index (χ0) is 18.1. The largest absolute Gasteiger partial charge is 0.438 e. The van der Waals surface area contributed by atoms with Gasteiger partial charge in [0.15, 0.2) is 11.9 Å². The minimum absolute atomic E-state index is 0.292. The molecule has 2 aliphatic rings. The average molecular weight is 348 g/mol. The van der Waals surface area contributed by atoms with Crippen LogP contribution in [0, 0.1) is 0 Å². The zero-order valence-corrected chi connectivity index (χ0v) is 14.4. The lowest BCUT2D eigenvalue weighted by atomic mass is 9.92. The van der Waals surface area contributed by atoms with Crippen molar-refractivity contribution in [2.75, 3.05) is 11.4 Å². The van der Waals surface area contributed by atoms with Crippen LogP contribution in [0.3, 0.4) is 0 Å². The molecule has 0 saturated heterocycles. The molecule has 3 aromatic rings. The van der Waals surface area contributed by atoms with Crippen molar-refractivity contribution < 1.29 is 14.3 Å². The number of rotatable bonds is 2. The average Bonchev–Trinajstić information content (AvgIpc) is 3.23. The minimum atomic E-state index is -0.713. The van der Waals surface area contributed by atoms with Gasteiger partial charge in [-0.1, -0.05) is 0 Å². The van der Waals surface area contributed by atoms with Gasteiger partial charge >= 0.3 is 6.09 Å². The molecule has 0 fully saturated rings. The monoisotopic (exact) mass is 348 g/mol. The Morgan fingerprint density at radius 1 is 1.27 bits per heavy atom. The highest BCUT2D eigenvalue weighted by molar-refractivity contribution is 5.95. The summed E-state index contributed by atoms with van der Waals surface area (Å²) in [6, 6.07) is 7.51. The molecule has 0 radical (unpaired) electrons. The fourth-order valence-corrected chi connectivity index (χ4v) is 3.80. The SMILES string of the molecule is CC1(C)OC(=O)N2CCc3cc(-n4cnc5ccc(C=O)nc54)cc1c32. The Balaban J connectivity index is 1.76. The van der Waals surface area contributed by atoms with E-state index in [0.717, 1.165) is 40.7 Å². The van der Waals surface area contributed by atoms with Gasteiger partial charge < -0.3 is 4.74 Å². The number of anilines is 1. The molecule has 26 heavy (non-hydrogen) atoms. The Labute approximate surface area is 149 Å². The van der Waals surface area contributed by atoms with E-state index < -0.39 is 5.60 Å². The number of pyridine rings is 1. The number of fused-ring (bicyclic) bond motifs is 1. The van der Waals surface area contributed by atoms with Crippen molar-refractivity contribution in [2.24, 2.45) is 0 Å². The van der Waals surface area contributed by atoms with Crippen molar-refractivity contribution >= 4 is 29.2 Å². The van der Waals surface area contributed by atoms with E-state index >= 15 is 0 Å². The number of aromatic nitrogens is 3. The second kappa shape index (κ2) is 4.91. The summed E-state index contributed by atoms with van der Waals surface area (Å²) in [5.74, 6) is 0. The number of cyclic esters (lactones) is 1. The highest BCUT2D eigenvalue weighted by Crippen LogP contribution is 2.45. The minimum Gasteiger partial charge on any atom is -0.438 e. The van der Waals surface area contributed by atoms with Crippen LogP contribution in [0.5, 0.6) is 0 Å². The number of imidazole rings is 1. The molecule has 0 N–H and O–H groups in total. The van der Waals surface area contributed by atoms with Gasteiger partial charge in [0.05, 0.1) is 5.69 Å². The highest BCUT2D eigenvalue weighted by atomic mass is 16.6. The van der Waals surface area contributed by atoms with Crippen LogP contribution < -0.4 is 4.90 Å². The fourth-order valence-electron chi connectivity index (χ4n) is 3.80. The molecular formula is C19H16N4O3. The first-order chi connectivity index (χ1) is 12.5. The smallest absolute Gasteiger partial charge is 0.415 e. The molecule has 130 valence electrons. The van der Waals surface area contributed by atoms with Crippen molar-refractivity contribution in [3.05, 3.63) is 47.4 Å². The number of nitrogens with zero attached hydrogens (tertiary/aromatic N) is 4. The first-order valence-corrected chi connectivity index (χ1v) is 8.45. The lowest BCUT2D eigenvalue weighted by molar-refractivity contribution is 0.0358. The zero-order valence-electron chi connectivity index (χ0n) is 14.4. The number of hydrogen-bond donors (Lipinski definition) is 0. The van der Waals surface area contributed by atoms with E-state index in [1.54, 1.807) is 23.4 Å². The van der Waals surface area contributed by atoms with E-state index in [2.05, 4.69) is 16.0 Å². The lowest BCUT2D eigenvalue weighted by Gasteiger charge is -2.37. The first-order valence-electron chi connectivity index (χ1n) is 8.45. The second-order valence-electron chi connectivity index (χ2n) is 7.09. The summed E-state index contributed by atoms with van der Waals surface area (Å²) in [5.41, 5.74) is 4.92. The number of ether oxygens (including phenoxy) is 1. The number of carbonyl (C=O) groups is 2. The van der Waals surface area contributed by atoms with Gasteiger partial charge in [0.1, 0.15) is 23.1 Å². The van der Waals surface area contributed by atoms with Crippen LogP contribution in [0.15, 0.2) is 30.6 Å². The van der Waals surface area contributed by atoms with E-state index in [0.29, 0.717) is 17.9 Å². The van der Waals surface area contributed by atoms with Crippen LogP contribution in [-0.4, -0.2) is 33.5 Å². The summed E-state index contributed by atoms with van der Waals surface area (Å²) in [6.45, 7) is 4.42. The molecule has 1 aromatic carbocycles. The molecule has 0 aliphatic carbocycles. The van der Waals surface area contributed by atoms with Crippen LogP contribution in [0.2, 0.25) is 0 Å². The molecule has 2 aromatic heterocycles. The predicted molar refractivity (Wildman–Crippen MR) is 94.8 cm³/mol. The molecule has 0 atom stereocenters. The van der Waals surface area contributed by atoms with Gasteiger partial charge in [-0.05, 0) is 50.1 Å². The topological polar surface area (TPSA) is 77.3 Å². The van der Waals surface area contributed by atoms with Gasteiger partial charge in [-0.3, -0.25) is 14.3 Å². The predicted octanol–water partition coefficient (Wildman–Crippen LogP) is 2.98. The van der Waals surface area contributed by atoms with Gasteiger partial charge in [-0.15, -0.1) is 0 Å². The Morgan fingerprint density at radius 3 is 2.92 bits per heavy atom. The standard InChI is InChI=1S/C19H16N4O3/c1-19(2)14-8-13(7-11-5-6-22(16(11)14)18(25)26-19)23-10-20-15-4-3-12(9-24)21-17(15)23/h3-4,7-10H,5-6H2,1-2H3. The summed E-state index contributed by atoms with van der Waals surface area (Å²) < 4.78 is 7.50. The third-order valence-electron chi connectivity index (χ3n) is 5.08. The van der Waals surface area contributed by atoms with Crippen LogP contribution in [0.1, 0.15) is 35.5 Å². The molecule has 0 unspecified atom stereocenters. The van der Waals surface area contributed by atoms with Gasteiger partial charge in [-0.2, -0.15) is 0 Å². The molecule has 0 bridgehead atoms. The number of carbonyl (C=O) groups excluding carboxylic acids is 2. The van der Waals surface area contributed by atoms with Crippen molar-refractivity contribution in [3.63, 3.8) is 0 Å². The van der Waals surface area contributed by atoms with Crippen molar-refractivity contribution in [2.45, 2.75) is 25.9 Å². The lowest BCUT2D eigenvalue weighted by Crippen LogP contribution is -2.42. The number of aldehydes is 1. The number of benzene rings is 1. The molecule has 4 heterocycles. The fraction of sp³-hybridized carbons (Fsp3) is 0.263. The molecule has 7 nitrogen and oxygen atoms in total. The maximum atomic E-state index is 12.2. The Kier molecular flexibility index (Phi) is 2.84. The number of amides is 1. The third-order valence-corrected chi connectivity index (χ3v) is 5.08. The van der Waals surface area contributed by atoms with Crippen LogP contribution in [-0.2, 0) is 16.8 Å². The van der Waals surface area contributed by atoms with Crippen LogP contribution in [0.25, 0.3) is 16.9 Å². The maximum Gasteiger partial charge on any atom is 0.415 e. The van der Waals surface area contributed by atoms with Gasteiger partial charge in [0.25, 0.3) is 0 Å². The quantitative estimate of drug-likeness (QED) is 0.665. The first kappa shape index (κ1) is 15.1. The summed E-state index contributed by atoms with van der Waals surface area (Å²) >= 11 is 0. The van der Waals surface area contributed by atoms with Crippen LogP contribution in [0.4, 0.5) is 10.5 Å². The van der Waals surface area contributed by atoms with Gasteiger partial charge in [0, 0.05) is 17.8 Å². The summed E-state index contributed by atoms with van der Waals surface area (Å²) in [7, 11) is 0. The van der Waals surface area contributed by atoms with Crippen molar-refractivity contribution in [1.82, 2.24) is 14.5 Å². The number of hydrogen-bond acceptors (Lipinski definition) is 5. The Bertz CT molecular complexity index is 1100. The summed E-state index contributed by atoms with van der Waals surface area (Å²) in [4.78, 5) is 33.8. The maximum absolute atomic E-state index is 12.2. The third kappa shape index (κ3) is 1.94. The van der Waals surface area contributed by atoms with E-state index in [-0.39, 0.29) is 6.09 Å². The molecule has 1 amide bonds. The molecule has 2 aliphatic heterocycles. The Hall–Kier alpha value is -3.22. The molecular weight excluding hydrogens is 332 g/mol. The molecule has 7 heteroatoms. The molecule has 0 spiro atoms. The van der Waals surface area contributed by atoms with Crippen molar-refractivity contribution in [1.29, 1.82) is 0 Å². The molecule has 5 rings (SSSR count).